The molecular formula is C39H39N5O7. The van der Waals surface area contributed by atoms with Gasteiger partial charge in [-0.2, -0.15) is 5.26 Å². The van der Waals surface area contributed by atoms with Crippen LogP contribution in [0.15, 0.2) is 66.7 Å². The summed E-state index contributed by atoms with van der Waals surface area (Å²) in [5.41, 5.74) is 6.15. The van der Waals surface area contributed by atoms with Crippen LogP contribution in [0.2, 0.25) is 0 Å². The molecule has 12 nitrogen and oxygen atoms in total. The molecule has 7 rings (SSSR count). The van der Waals surface area contributed by atoms with Crippen molar-refractivity contribution in [3.63, 3.8) is 0 Å². The third-order valence-corrected chi connectivity index (χ3v) is 8.71. The highest BCUT2D eigenvalue weighted by Crippen LogP contribution is 2.33. The summed E-state index contributed by atoms with van der Waals surface area (Å²) in [4.78, 5) is 35.1. The zero-order valence-electron chi connectivity index (χ0n) is 28.8. The first-order valence-corrected chi connectivity index (χ1v) is 16.7. The molecule has 4 bridgehead atoms. The lowest BCUT2D eigenvalue weighted by Crippen LogP contribution is -2.27. The van der Waals surface area contributed by atoms with Crippen molar-refractivity contribution in [3.8, 4) is 34.7 Å². The van der Waals surface area contributed by atoms with Crippen LogP contribution in [0.5, 0.6) is 17.4 Å². The molecule has 4 heterocycles. The third-order valence-electron chi connectivity index (χ3n) is 8.71. The molecule has 0 aliphatic carbocycles. The number of carbonyl (C=O) groups excluding carboxylic acids is 1. The highest BCUT2D eigenvalue weighted by Gasteiger charge is 2.20. The van der Waals surface area contributed by atoms with Gasteiger partial charge in [-0.05, 0) is 66.8 Å². The van der Waals surface area contributed by atoms with E-state index in [1.807, 2.05) is 60.1 Å². The van der Waals surface area contributed by atoms with E-state index in [4.69, 9.17) is 28.9 Å². The number of carboxylic acid groups (broad SMARTS) is 1. The third kappa shape index (κ3) is 8.28. The molecule has 0 unspecified atom stereocenters. The van der Waals surface area contributed by atoms with Crippen LogP contribution in [0.3, 0.4) is 0 Å². The number of benzene rings is 3. The van der Waals surface area contributed by atoms with Gasteiger partial charge in [-0.1, -0.05) is 24.3 Å². The van der Waals surface area contributed by atoms with Gasteiger partial charge in [0.15, 0.2) is 6.61 Å². The first-order valence-electron chi connectivity index (χ1n) is 16.7. The second kappa shape index (κ2) is 15.7. The number of imidazole rings is 1. The summed E-state index contributed by atoms with van der Waals surface area (Å²) in [6, 6.07) is 22.3. The molecular weight excluding hydrogens is 650 g/mol. The number of aromatic nitrogens is 3. The molecule has 1 fully saturated rings. The number of amides is 1. The van der Waals surface area contributed by atoms with E-state index >= 15 is 0 Å². The van der Waals surface area contributed by atoms with Crippen LogP contribution in [0.1, 0.15) is 51.3 Å². The molecule has 1 saturated heterocycles. The van der Waals surface area contributed by atoms with Gasteiger partial charge in [0.1, 0.15) is 29.4 Å². The van der Waals surface area contributed by atoms with Crippen molar-refractivity contribution >= 4 is 22.9 Å². The number of aromatic carboxylic acids is 1. The minimum atomic E-state index is -1.11. The van der Waals surface area contributed by atoms with Gasteiger partial charge >= 0.3 is 5.97 Å². The number of carbonyl (C=O) groups is 2. The number of carboxylic acids is 1. The molecule has 51 heavy (non-hydrogen) atoms. The lowest BCUT2D eigenvalue weighted by molar-refractivity contribution is -0.130. The highest BCUT2D eigenvalue weighted by atomic mass is 16.5. The van der Waals surface area contributed by atoms with Gasteiger partial charge in [0.05, 0.1) is 35.0 Å². The molecule has 262 valence electrons. The van der Waals surface area contributed by atoms with Crippen LogP contribution in [-0.4, -0.2) is 76.9 Å². The Bertz CT molecular complexity index is 2110. The Balaban J connectivity index is 0.00000105. The Morgan fingerprint density at radius 1 is 0.980 bits per heavy atom. The number of hydrogen-bond donors (Lipinski definition) is 1. The monoisotopic (exact) mass is 689 g/mol. The predicted octanol–water partition coefficient (Wildman–Crippen LogP) is 5.57. The summed E-state index contributed by atoms with van der Waals surface area (Å²) in [5, 5.41) is 19.2. The first-order chi connectivity index (χ1) is 24.7. The number of nitriles is 1. The molecule has 2 aromatic heterocycles. The number of pyridine rings is 1. The van der Waals surface area contributed by atoms with Gasteiger partial charge in [0.25, 0.3) is 5.91 Å². The molecule has 1 N–H and O–H groups in total. The quantitative estimate of drug-likeness (QED) is 0.240. The van der Waals surface area contributed by atoms with Crippen LogP contribution in [0, 0.1) is 11.3 Å². The average Bonchev–Trinajstić information content (AvgIpc) is 3.42. The summed E-state index contributed by atoms with van der Waals surface area (Å²) in [7, 11) is 5.07. The zero-order valence-corrected chi connectivity index (χ0v) is 28.8. The number of likely N-dealkylation sites (N-methyl/N-ethyl adjacent to an activating group) is 1. The molecule has 1 amide bonds. The molecule has 5 aromatic rings. The number of aryl methyl sites for hydroxylation is 2. The minimum absolute atomic E-state index is 0.0306. The van der Waals surface area contributed by atoms with Crippen molar-refractivity contribution in [1.82, 2.24) is 19.4 Å². The first kappa shape index (κ1) is 34.9. The second-order valence-electron chi connectivity index (χ2n) is 12.5. The van der Waals surface area contributed by atoms with E-state index in [9.17, 15) is 20.0 Å². The van der Waals surface area contributed by atoms with E-state index in [-0.39, 0.29) is 23.8 Å². The van der Waals surface area contributed by atoms with Crippen LogP contribution in [0.4, 0.5) is 0 Å². The average molecular weight is 690 g/mol. The molecule has 2 aliphatic rings. The second-order valence-corrected chi connectivity index (χ2v) is 12.5. The number of nitrogens with zero attached hydrogens (tertiary/aromatic N) is 5. The Kier molecular flexibility index (Phi) is 10.8. The molecule has 12 heteroatoms. The van der Waals surface area contributed by atoms with E-state index in [1.165, 1.54) is 17.4 Å². The zero-order chi connectivity index (χ0) is 35.9. The normalized spacial score (nSPS) is 13.5. The lowest BCUT2D eigenvalue weighted by atomic mass is 10.0. The fourth-order valence-corrected chi connectivity index (χ4v) is 5.59. The van der Waals surface area contributed by atoms with E-state index in [2.05, 4.69) is 6.07 Å². The number of ether oxygens (including phenoxy) is 4. The van der Waals surface area contributed by atoms with Crippen molar-refractivity contribution in [2.45, 2.75) is 32.3 Å². The fourth-order valence-electron chi connectivity index (χ4n) is 5.59. The Labute approximate surface area is 295 Å². The molecule has 0 atom stereocenters. The van der Waals surface area contributed by atoms with E-state index in [1.54, 1.807) is 26.2 Å². The molecule has 2 aliphatic heterocycles. The van der Waals surface area contributed by atoms with E-state index in [0.717, 1.165) is 41.2 Å². The van der Waals surface area contributed by atoms with Gasteiger partial charge in [-0.15, -0.1) is 0 Å². The maximum atomic E-state index is 12.2. The highest BCUT2D eigenvalue weighted by molar-refractivity contribution is 5.95. The molecule has 0 saturated carbocycles. The Morgan fingerprint density at radius 3 is 2.51 bits per heavy atom. The maximum Gasteiger partial charge on any atom is 0.335 e. The summed E-state index contributed by atoms with van der Waals surface area (Å²) >= 11 is 0. The van der Waals surface area contributed by atoms with E-state index < -0.39 is 5.97 Å². The van der Waals surface area contributed by atoms with Gasteiger partial charge in [0.2, 0.25) is 5.88 Å². The lowest BCUT2D eigenvalue weighted by Gasteiger charge is -2.16. The summed E-state index contributed by atoms with van der Waals surface area (Å²) < 4.78 is 24.8. The van der Waals surface area contributed by atoms with Crippen LogP contribution < -0.4 is 14.2 Å². The number of hydrogen-bond acceptors (Lipinski definition) is 9. The van der Waals surface area contributed by atoms with Crippen molar-refractivity contribution in [1.29, 1.82) is 5.26 Å². The van der Waals surface area contributed by atoms with Crippen LogP contribution in [0.25, 0.3) is 22.3 Å². The topological polar surface area (TPSA) is 149 Å². The maximum absolute atomic E-state index is 12.2. The van der Waals surface area contributed by atoms with E-state index in [0.29, 0.717) is 66.5 Å². The predicted molar refractivity (Wildman–Crippen MR) is 189 cm³/mol. The summed E-state index contributed by atoms with van der Waals surface area (Å²) in [6.07, 6.45) is 3.07. The summed E-state index contributed by atoms with van der Waals surface area (Å²) in [5.74, 6) is 0.669. The van der Waals surface area contributed by atoms with Gasteiger partial charge < -0.3 is 33.5 Å². The standard InChI is InChI=1S/C36H33N5O6.C3H6O/c1-40(2)34(42)21-46-31-17-27(36(43)44)15-29-35(31)39-32(41(29)3)18-25-12-11-24-16-30(25)45-13-5-6-23-14-22(19-37)9-10-26(23)20-47-33-8-4-7-28(24)38-33;1-2-4-3-1/h4,7-12,14-17H,5-6,13,18,20-21H2,1-3H3,(H,43,44);1-3H2. The van der Waals surface area contributed by atoms with Crippen LogP contribution in [-0.2, 0) is 36.0 Å². The smallest absolute Gasteiger partial charge is 0.335 e. The molecule has 0 spiro atoms. The Hall–Kier alpha value is -5.93. The molecule has 0 radical (unpaired) electrons. The van der Waals surface area contributed by atoms with Gasteiger partial charge in [0, 0.05) is 58.0 Å². The van der Waals surface area contributed by atoms with Gasteiger partial charge in [-0.25, -0.2) is 14.8 Å². The van der Waals surface area contributed by atoms with Crippen molar-refractivity contribution in [2.75, 3.05) is 40.5 Å². The molecule has 3 aromatic carbocycles. The summed E-state index contributed by atoms with van der Waals surface area (Å²) in [6.45, 7) is 2.52. The van der Waals surface area contributed by atoms with Crippen molar-refractivity contribution in [2.24, 2.45) is 7.05 Å². The van der Waals surface area contributed by atoms with Crippen LogP contribution >= 0.6 is 0 Å². The largest absolute Gasteiger partial charge is 0.493 e. The SMILES string of the molecule is C1COC1.CN(C)C(=O)COc1cc(C(=O)O)cc2c1nc(Cc1ccc3cc1OCCCc1cc(C#N)ccc1COc1cccc-3n1)n2C. The number of rotatable bonds is 6. The van der Waals surface area contributed by atoms with Crippen molar-refractivity contribution < 1.29 is 33.6 Å². The van der Waals surface area contributed by atoms with Gasteiger partial charge in [-0.3, -0.25) is 4.79 Å². The van der Waals surface area contributed by atoms with Crippen molar-refractivity contribution in [3.05, 3.63) is 100 Å². The Morgan fingerprint density at radius 2 is 1.78 bits per heavy atom. The number of fused-ring (bicyclic) bond motifs is 7. The fraction of sp³-hybridized carbons (Fsp3) is 0.308. The minimum Gasteiger partial charge on any atom is -0.493 e.